The van der Waals surface area contributed by atoms with Crippen LogP contribution in [0.3, 0.4) is 0 Å². The largest absolute Gasteiger partial charge is 0.377 e. The normalized spacial score (nSPS) is 16.9. The van der Waals surface area contributed by atoms with E-state index in [1.165, 1.54) is 0 Å². The van der Waals surface area contributed by atoms with Crippen LogP contribution in [0.5, 0.6) is 0 Å². The maximum absolute atomic E-state index is 12.5. The Morgan fingerprint density at radius 3 is 2.36 bits per heavy atom. The quantitative estimate of drug-likeness (QED) is 0.637. The van der Waals surface area contributed by atoms with E-state index in [9.17, 15) is 9.59 Å². The number of likely N-dealkylation sites (tertiary alicyclic amines) is 1. The summed E-state index contributed by atoms with van der Waals surface area (Å²) >= 11 is 0. The molecule has 3 N–H and O–H groups in total. The van der Waals surface area contributed by atoms with Crippen LogP contribution in [0, 0.1) is 0 Å². The van der Waals surface area contributed by atoms with Gasteiger partial charge in [0.2, 0.25) is 11.8 Å². The molecule has 1 aromatic carbocycles. The second-order valence-electron chi connectivity index (χ2n) is 7.24. The molecule has 1 atom stereocenters. The Hall–Kier alpha value is -1.96. The fourth-order valence-electron chi connectivity index (χ4n) is 3.45. The van der Waals surface area contributed by atoms with Gasteiger partial charge in [0.25, 0.3) is 0 Å². The van der Waals surface area contributed by atoms with E-state index in [0.717, 1.165) is 52.2 Å². The molecule has 2 amide bonds. The summed E-state index contributed by atoms with van der Waals surface area (Å²) in [7, 11) is 0. The summed E-state index contributed by atoms with van der Waals surface area (Å²) in [6.45, 7) is 11.8. The number of hydrogen-bond acceptors (Lipinski definition) is 5. The molecule has 156 valence electrons. The Morgan fingerprint density at radius 1 is 1.21 bits per heavy atom. The highest BCUT2D eigenvalue weighted by Gasteiger charge is 2.27. The third kappa shape index (κ3) is 6.58. The van der Waals surface area contributed by atoms with E-state index in [2.05, 4.69) is 29.0 Å². The minimum atomic E-state index is -0.478. The van der Waals surface area contributed by atoms with Crippen molar-refractivity contribution in [3.8, 4) is 0 Å². The number of carbonyl (C=O) groups excluding carboxylic acids is 2. The molecular formula is C21H34N4O3. The molecular weight excluding hydrogens is 356 g/mol. The lowest BCUT2D eigenvalue weighted by atomic mass is 10.1. The number of carbonyl (C=O) groups is 2. The van der Waals surface area contributed by atoms with Crippen LogP contribution in [0.1, 0.15) is 44.0 Å². The van der Waals surface area contributed by atoms with E-state index >= 15 is 0 Å². The van der Waals surface area contributed by atoms with Crippen molar-refractivity contribution in [2.75, 3.05) is 44.6 Å². The first-order chi connectivity index (χ1) is 13.4. The molecule has 1 fully saturated rings. The van der Waals surface area contributed by atoms with Crippen molar-refractivity contribution in [1.29, 1.82) is 0 Å². The van der Waals surface area contributed by atoms with E-state index < -0.39 is 5.91 Å². The molecule has 0 spiro atoms. The minimum Gasteiger partial charge on any atom is -0.377 e. The summed E-state index contributed by atoms with van der Waals surface area (Å²) in [5.74, 6) is -0.527. The minimum absolute atomic E-state index is 0.0484. The first-order valence-corrected chi connectivity index (χ1v) is 10.2. The second kappa shape index (κ2) is 11.1. The van der Waals surface area contributed by atoms with Gasteiger partial charge in [-0.25, -0.2) is 0 Å². The third-order valence-corrected chi connectivity index (χ3v) is 5.50. The van der Waals surface area contributed by atoms with E-state index in [1.54, 1.807) is 24.3 Å². The summed E-state index contributed by atoms with van der Waals surface area (Å²) in [4.78, 5) is 28.2. The van der Waals surface area contributed by atoms with Gasteiger partial charge in [-0.2, -0.15) is 0 Å². The smallest absolute Gasteiger partial charge is 0.248 e. The number of benzene rings is 1. The van der Waals surface area contributed by atoms with Gasteiger partial charge < -0.3 is 20.7 Å². The third-order valence-electron chi connectivity index (χ3n) is 5.50. The van der Waals surface area contributed by atoms with Gasteiger partial charge >= 0.3 is 0 Å². The Kier molecular flexibility index (Phi) is 8.89. The number of likely N-dealkylation sites (N-methyl/N-ethyl adjacent to an activating group) is 1. The Labute approximate surface area is 168 Å². The molecule has 1 aliphatic heterocycles. The van der Waals surface area contributed by atoms with Gasteiger partial charge in [0.1, 0.15) is 0 Å². The molecule has 1 aromatic rings. The average Bonchev–Trinajstić information content (AvgIpc) is 2.71. The molecule has 2 rings (SSSR count). The molecule has 1 unspecified atom stereocenters. The molecule has 1 aliphatic rings. The van der Waals surface area contributed by atoms with Crippen LogP contribution in [0.15, 0.2) is 24.3 Å². The highest BCUT2D eigenvalue weighted by atomic mass is 16.5. The van der Waals surface area contributed by atoms with E-state index in [-0.39, 0.29) is 18.1 Å². The molecule has 0 radical (unpaired) electrons. The predicted octanol–water partition coefficient (Wildman–Crippen LogP) is 1.94. The SMILES string of the molecule is CCN(CC)CCOC1CCN(C(C)C(=O)Nc2ccc(C(N)=O)cc2)CC1. The number of rotatable bonds is 10. The van der Waals surface area contributed by atoms with Crippen LogP contribution < -0.4 is 11.1 Å². The van der Waals surface area contributed by atoms with Gasteiger partial charge in [-0.15, -0.1) is 0 Å². The fourth-order valence-corrected chi connectivity index (χ4v) is 3.45. The van der Waals surface area contributed by atoms with Crippen LogP contribution >= 0.6 is 0 Å². The summed E-state index contributed by atoms with van der Waals surface area (Å²) in [6, 6.07) is 6.40. The average molecular weight is 391 g/mol. The van der Waals surface area contributed by atoms with Crippen LogP contribution in [-0.2, 0) is 9.53 Å². The summed E-state index contributed by atoms with van der Waals surface area (Å²) in [5.41, 5.74) is 6.32. The Morgan fingerprint density at radius 2 is 1.82 bits per heavy atom. The van der Waals surface area contributed by atoms with Crippen molar-refractivity contribution in [3.05, 3.63) is 29.8 Å². The van der Waals surface area contributed by atoms with Gasteiger partial charge in [-0.05, 0) is 57.1 Å². The van der Waals surface area contributed by atoms with Crippen molar-refractivity contribution in [2.45, 2.75) is 45.8 Å². The van der Waals surface area contributed by atoms with Crippen molar-refractivity contribution >= 4 is 17.5 Å². The van der Waals surface area contributed by atoms with Crippen molar-refractivity contribution in [2.24, 2.45) is 5.73 Å². The molecule has 0 saturated carbocycles. The van der Waals surface area contributed by atoms with Crippen molar-refractivity contribution < 1.29 is 14.3 Å². The molecule has 7 nitrogen and oxygen atoms in total. The molecule has 1 saturated heterocycles. The first kappa shape index (κ1) is 22.3. The lowest BCUT2D eigenvalue weighted by Gasteiger charge is -2.35. The zero-order chi connectivity index (χ0) is 20.5. The lowest BCUT2D eigenvalue weighted by Crippen LogP contribution is -2.47. The van der Waals surface area contributed by atoms with Gasteiger partial charge in [0, 0.05) is 30.9 Å². The number of piperidine rings is 1. The monoisotopic (exact) mass is 390 g/mol. The fraction of sp³-hybridized carbons (Fsp3) is 0.619. The first-order valence-electron chi connectivity index (χ1n) is 10.2. The van der Waals surface area contributed by atoms with Crippen LogP contribution in [0.25, 0.3) is 0 Å². The number of ether oxygens (including phenoxy) is 1. The van der Waals surface area contributed by atoms with Crippen LogP contribution in [0.4, 0.5) is 5.69 Å². The standard InChI is InChI=1S/C21H34N4O3/c1-4-24(5-2)14-15-28-19-10-12-25(13-11-19)16(3)21(27)23-18-8-6-17(7-9-18)20(22)26/h6-9,16,19H,4-5,10-15H2,1-3H3,(H2,22,26)(H,23,27). The van der Waals surface area contributed by atoms with Crippen LogP contribution in [-0.4, -0.2) is 73.1 Å². The number of nitrogens with zero attached hydrogens (tertiary/aromatic N) is 2. The van der Waals surface area contributed by atoms with Gasteiger partial charge in [0.05, 0.1) is 18.8 Å². The summed E-state index contributed by atoms with van der Waals surface area (Å²) in [6.07, 6.45) is 2.18. The lowest BCUT2D eigenvalue weighted by molar-refractivity contribution is -0.121. The molecule has 0 bridgehead atoms. The zero-order valence-electron chi connectivity index (χ0n) is 17.3. The second-order valence-corrected chi connectivity index (χ2v) is 7.24. The van der Waals surface area contributed by atoms with Gasteiger partial charge in [-0.1, -0.05) is 13.8 Å². The molecule has 0 aromatic heterocycles. The van der Waals surface area contributed by atoms with E-state index in [0.29, 0.717) is 11.3 Å². The Balaban J connectivity index is 1.74. The number of amides is 2. The van der Waals surface area contributed by atoms with Crippen molar-refractivity contribution in [1.82, 2.24) is 9.80 Å². The predicted molar refractivity (Wildman–Crippen MR) is 111 cm³/mol. The highest BCUT2D eigenvalue weighted by molar-refractivity contribution is 5.96. The molecule has 0 aliphatic carbocycles. The maximum Gasteiger partial charge on any atom is 0.248 e. The van der Waals surface area contributed by atoms with E-state index in [1.807, 2.05) is 6.92 Å². The highest BCUT2D eigenvalue weighted by Crippen LogP contribution is 2.17. The van der Waals surface area contributed by atoms with Gasteiger partial charge in [0.15, 0.2) is 0 Å². The number of hydrogen-bond donors (Lipinski definition) is 2. The number of anilines is 1. The molecule has 1 heterocycles. The molecule has 7 heteroatoms. The van der Waals surface area contributed by atoms with Crippen molar-refractivity contribution in [3.63, 3.8) is 0 Å². The zero-order valence-corrected chi connectivity index (χ0v) is 17.3. The number of nitrogens with two attached hydrogens (primary N) is 1. The van der Waals surface area contributed by atoms with Crippen LogP contribution in [0.2, 0.25) is 0 Å². The number of nitrogens with one attached hydrogen (secondary N) is 1. The van der Waals surface area contributed by atoms with E-state index in [4.69, 9.17) is 10.5 Å². The topological polar surface area (TPSA) is 87.9 Å². The summed E-state index contributed by atoms with van der Waals surface area (Å²) < 4.78 is 6.03. The summed E-state index contributed by atoms with van der Waals surface area (Å²) in [5, 5.41) is 2.91. The number of primary amides is 1. The Bertz CT molecular complexity index is 623. The van der Waals surface area contributed by atoms with Gasteiger partial charge in [-0.3, -0.25) is 14.5 Å². The maximum atomic E-state index is 12.5. The molecule has 28 heavy (non-hydrogen) atoms.